The molecule has 0 unspecified atom stereocenters. The smallest absolute Gasteiger partial charge is 0.140 e. The van der Waals surface area contributed by atoms with Gasteiger partial charge in [0, 0.05) is 27.4 Å². The molecule has 2 aromatic rings. The topological polar surface area (TPSA) is 25.8 Å². The third-order valence-corrected chi connectivity index (χ3v) is 2.75. The molecular formula is C10H5Cl3N2. The lowest BCUT2D eigenvalue weighted by atomic mass is 10.1. The van der Waals surface area contributed by atoms with Gasteiger partial charge < -0.3 is 0 Å². The molecule has 0 spiro atoms. The van der Waals surface area contributed by atoms with Crippen LogP contribution < -0.4 is 0 Å². The Bertz CT molecular complexity index is 500. The lowest BCUT2D eigenvalue weighted by Gasteiger charge is -2.05. The molecule has 1 aromatic heterocycles. The van der Waals surface area contributed by atoms with Crippen LogP contribution in [0.4, 0.5) is 0 Å². The molecule has 0 saturated heterocycles. The lowest BCUT2D eigenvalue weighted by molar-refractivity contribution is 1.17. The van der Waals surface area contributed by atoms with Crippen LogP contribution in [0.5, 0.6) is 0 Å². The number of hydrogen-bond donors (Lipinski definition) is 0. The van der Waals surface area contributed by atoms with Crippen molar-refractivity contribution < 1.29 is 0 Å². The zero-order valence-electron chi connectivity index (χ0n) is 7.42. The maximum absolute atomic E-state index is 6.03. The first-order valence-electron chi connectivity index (χ1n) is 4.09. The van der Waals surface area contributed by atoms with Crippen molar-refractivity contribution in [2.75, 3.05) is 0 Å². The maximum Gasteiger partial charge on any atom is 0.140 e. The van der Waals surface area contributed by atoms with E-state index in [9.17, 15) is 0 Å². The van der Waals surface area contributed by atoms with Gasteiger partial charge in [-0.2, -0.15) is 0 Å². The van der Waals surface area contributed by atoms with Gasteiger partial charge in [-0.3, -0.25) is 0 Å². The predicted octanol–water partition coefficient (Wildman–Crippen LogP) is 4.10. The van der Waals surface area contributed by atoms with Crippen LogP contribution in [0.25, 0.3) is 11.1 Å². The van der Waals surface area contributed by atoms with E-state index in [-0.39, 0.29) is 0 Å². The Morgan fingerprint density at radius 1 is 1.00 bits per heavy atom. The summed E-state index contributed by atoms with van der Waals surface area (Å²) in [6.07, 6.45) is 2.98. The van der Waals surface area contributed by atoms with Gasteiger partial charge in [0.25, 0.3) is 0 Å². The molecule has 0 aliphatic rings. The lowest BCUT2D eigenvalue weighted by Crippen LogP contribution is -1.86. The maximum atomic E-state index is 6.03. The Kier molecular flexibility index (Phi) is 3.10. The molecule has 0 N–H and O–H groups in total. The van der Waals surface area contributed by atoms with E-state index >= 15 is 0 Å². The van der Waals surface area contributed by atoms with Crippen LogP contribution in [-0.2, 0) is 0 Å². The van der Waals surface area contributed by atoms with Gasteiger partial charge in [0.1, 0.15) is 11.5 Å². The molecule has 1 aromatic carbocycles. The third-order valence-electron chi connectivity index (χ3n) is 1.88. The molecule has 0 aliphatic carbocycles. The minimum absolute atomic E-state index is 0.356. The number of halogens is 3. The van der Waals surface area contributed by atoms with E-state index < -0.39 is 0 Å². The Morgan fingerprint density at radius 3 is 2.53 bits per heavy atom. The molecule has 1 heterocycles. The molecule has 76 valence electrons. The summed E-state index contributed by atoms with van der Waals surface area (Å²) in [5.41, 5.74) is 1.40. The Hall–Kier alpha value is -0.830. The van der Waals surface area contributed by atoms with Crippen LogP contribution in [0, 0.1) is 0 Å². The number of rotatable bonds is 1. The van der Waals surface area contributed by atoms with E-state index in [1.807, 2.05) is 0 Å². The first-order valence-corrected chi connectivity index (χ1v) is 5.23. The van der Waals surface area contributed by atoms with Gasteiger partial charge in [-0.05, 0) is 18.2 Å². The summed E-state index contributed by atoms with van der Waals surface area (Å²) in [6, 6.07) is 5.15. The summed E-state index contributed by atoms with van der Waals surface area (Å²) in [5.74, 6) is 0. The molecule has 0 atom stereocenters. The summed E-state index contributed by atoms with van der Waals surface area (Å²) >= 11 is 17.8. The second-order valence-electron chi connectivity index (χ2n) is 2.85. The van der Waals surface area contributed by atoms with Gasteiger partial charge in [0.05, 0.1) is 0 Å². The van der Waals surface area contributed by atoms with Crippen LogP contribution >= 0.6 is 34.8 Å². The van der Waals surface area contributed by atoms with Gasteiger partial charge in [-0.1, -0.05) is 34.8 Å². The van der Waals surface area contributed by atoms with E-state index in [1.165, 1.54) is 6.33 Å². The van der Waals surface area contributed by atoms with Crippen molar-refractivity contribution in [1.29, 1.82) is 0 Å². The highest BCUT2D eigenvalue weighted by Crippen LogP contribution is 2.33. The van der Waals surface area contributed by atoms with Gasteiger partial charge in [-0.25, -0.2) is 9.97 Å². The van der Waals surface area contributed by atoms with E-state index in [1.54, 1.807) is 24.4 Å². The van der Waals surface area contributed by atoms with Crippen LogP contribution in [0.1, 0.15) is 0 Å². The summed E-state index contributed by atoms with van der Waals surface area (Å²) in [7, 11) is 0. The zero-order valence-corrected chi connectivity index (χ0v) is 9.68. The first kappa shape index (κ1) is 10.7. The monoisotopic (exact) mass is 258 g/mol. The van der Waals surface area contributed by atoms with E-state index in [4.69, 9.17) is 34.8 Å². The molecule has 2 rings (SSSR count). The summed E-state index contributed by atoms with van der Waals surface area (Å²) in [4.78, 5) is 7.77. The van der Waals surface area contributed by atoms with Crippen molar-refractivity contribution in [2.45, 2.75) is 0 Å². The van der Waals surface area contributed by atoms with Gasteiger partial charge in [-0.15, -0.1) is 0 Å². The minimum atomic E-state index is 0.356. The fourth-order valence-electron chi connectivity index (χ4n) is 1.20. The second-order valence-corrected chi connectivity index (χ2v) is 4.05. The quantitative estimate of drug-likeness (QED) is 0.721. The fourth-order valence-corrected chi connectivity index (χ4v) is 1.78. The van der Waals surface area contributed by atoms with E-state index in [0.717, 1.165) is 5.56 Å². The normalized spacial score (nSPS) is 10.3. The minimum Gasteiger partial charge on any atom is -0.244 e. The SMILES string of the molecule is Clc1ccc(Cl)c(-c2cncnc2Cl)c1. The molecule has 2 nitrogen and oxygen atoms in total. The molecule has 0 bridgehead atoms. The largest absolute Gasteiger partial charge is 0.244 e. The average Bonchev–Trinajstić information content (AvgIpc) is 2.23. The summed E-state index contributed by atoms with van der Waals surface area (Å²) < 4.78 is 0. The number of benzene rings is 1. The summed E-state index contributed by atoms with van der Waals surface area (Å²) in [6.45, 7) is 0. The Morgan fingerprint density at radius 2 is 1.80 bits per heavy atom. The molecule has 0 aliphatic heterocycles. The van der Waals surface area contributed by atoms with Crippen molar-refractivity contribution in [3.8, 4) is 11.1 Å². The van der Waals surface area contributed by atoms with Crippen LogP contribution in [0.2, 0.25) is 15.2 Å². The molecule has 0 radical (unpaired) electrons. The van der Waals surface area contributed by atoms with Crippen LogP contribution in [0.3, 0.4) is 0 Å². The van der Waals surface area contributed by atoms with Gasteiger partial charge in [0.2, 0.25) is 0 Å². The second kappa shape index (κ2) is 4.35. The van der Waals surface area contributed by atoms with Crippen molar-refractivity contribution >= 4 is 34.8 Å². The van der Waals surface area contributed by atoms with Gasteiger partial charge >= 0.3 is 0 Å². The highest BCUT2D eigenvalue weighted by molar-refractivity contribution is 6.37. The fraction of sp³-hybridized carbons (Fsp3) is 0. The molecule has 0 saturated carbocycles. The molecule has 0 amide bonds. The Balaban J connectivity index is 2.64. The first-order chi connectivity index (χ1) is 7.18. The number of hydrogen-bond acceptors (Lipinski definition) is 2. The van der Waals surface area contributed by atoms with Crippen LogP contribution in [0.15, 0.2) is 30.7 Å². The average molecular weight is 260 g/mol. The van der Waals surface area contributed by atoms with Crippen LogP contribution in [-0.4, -0.2) is 9.97 Å². The van der Waals surface area contributed by atoms with E-state index in [2.05, 4.69) is 9.97 Å². The zero-order chi connectivity index (χ0) is 10.8. The van der Waals surface area contributed by atoms with Crippen molar-refractivity contribution in [3.63, 3.8) is 0 Å². The Labute approximate surface area is 102 Å². The summed E-state index contributed by atoms with van der Waals surface area (Å²) in [5, 5.41) is 1.51. The predicted molar refractivity (Wildman–Crippen MR) is 62.5 cm³/mol. The highest BCUT2D eigenvalue weighted by Gasteiger charge is 2.08. The molecular weight excluding hydrogens is 254 g/mol. The number of nitrogens with zero attached hydrogens (tertiary/aromatic N) is 2. The third kappa shape index (κ3) is 2.23. The van der Waals surface area contributed by atoms with Crippen molar-refractivity contribution in [1.82, 2.24) is 9.97 Å². The highest BCUT2D eigenvalue weighted by atomic mass is 35.5. The standard InChI is InChI=1S/C10H5Cl3N2/c11-6-1-2-9(12)7(3-6)8-4-14-5-15-10(8)13/h1-5H. The molecule has 0 fully saturated rings. The van der Waals surface area contributed by atoms with Gasteiger partial charge in [0.15, 0.2) is 0 Å². The molecule has 5 heteroatoms. The van der Waals surface area contributed by atoms with E-state index in [0.29, 0.717) is 20.8 Å². The molecule has 15 heavy (non-hydrogen) atoms. The number of aromatic nitrogens is 2. The van der Waals surface area contributed by atoms with Crippen molar-refractivity contribution in [3.05, 3.63) is 45.9 Å². The van der Waals surface area contributed by atoms with Crippen molar-refractivity contribution in [2.24, 2.45) is 0 Å².